The summed E-state index contributed by atoms with van der Waals surface area (Å²) < 4.78 is 0. The Morgan fingerprint density at radius 3 is 2.07 bits per heavy atom. The Morgan fingerprint density at radius 1 is 1.00 bits per heavy atom. The lowest BCUT2D eigenvalue weighted by Crippen LogP contribution is -2.42. The summed E-state index contributed by atoms with van der Waals surface area (Å²) in [6.45, 7) is 10.5. The van der Waals surface area contributed by atoms with Crippen LogP contribution >= 0.6 is 0 Å². The van der Waals surface area contributed by atoms with E-state index in [9.17, 15) is 0 Å². The quantitative estimate of drug-likeness (QED) is 0.765. The minimum Gasteiger partial charge on any atom is -0.395 e. The van der Waals surface area contributed by atoms with Gasteiger partial charge < -0.3 is 5.11 Å². The smallest absolute Gasteiger partial charge is 0.0558 e. The van der Waals surface area contributed by atoms with Crippen molar-refractivity contribution in [3.8, 4) is 0 Å². The largest absolute Gasteiger partial charge is 0.395 e. The molecule has 92 valence electrons. The third-order valence-corrected chi connectivity index (χ3v) is 3.19. The van der Waals surface area contributed by atoms with Crippen LogP contribution in [0.15, 0.2) is 0 Å². The summed E-state index contributed by atoms with van der Waals surface area (Å²) in [5.74, 6) is 0. The summed E-state index contributed by atoms with van der Waals surface area (Å²) in [6, 6.07) is 0. The Hall–Kier alpha value is -0.0800. The van der Waals surface area contributed by atoms with Crippen LogP contribution in [0.3, 0.4) is 0 Å². The molecule has 2 rings (SSSR count). The lowest BCUT2D eigenvalue weighted by molar-refractivity contribution is 0.101. The molecule has 0 amide bonds. The first kappa shape index (κ1) is 14.9. The van der Waals surface area contributed by atoms with Gasteiger partial charge in [-0.25, -0.2) is 0 Å². The van der Waals surface area contributed by atoms with Crippen LogP contribution in [0, 0.1) is 0 Å². The van der Waals surface area contributed by atoms with Crippen LogP contribution < -0.4 is 0 Å². The molecule has 1 aliphatic heterocycles. The van der Waals surface area contributed by atoms with Crippen LogP contribution in [-0.2, 0) is 0 Å². The average molecular weight is 215 g/mol. The maximum atomic E-state index is 8.84. The molecule has 1 N–H and O–H groups in total. The Labute approximate surface area is 95.7 Å². The monoisotopic (exact) mass is 215 g/mol. The minimum atomic E-state index is 0.335. The standard InChI is InChI=1S/C9H17NO.2C2H6/c11-8-7-10-6-2-1-3-9(10)4-5-9;2*1-2/h11H,1-8H2;2*1-2H3. The topological polar surface area (TPSA) is 23.5 Å². The highest BCUT2D eigenvalue weighted by Crippen LogP contribution is 2.47. The highest BCUT2D eigenvalue weighted by atomic mass is 16.3. The van der Waals surface area contributed by atoms with Crippen molar-refractivity contribution in [3.05, 3.63) is 0 Å². The van der Waals surface area contributed by atoms with Crippen molar-refractivity contribution >= 4 is 0 Å². The SMILES string of the molecule is CC.CC.OCCN1CCCCC12CC2. The van der Waals surface area contributed by atoms with Crippen LogP contribution in [0.5, 0.6) is 0 Å². The molecule has 0 aromatic heterocycles. The molecule has 0 radical (unpaired) electrons. The van der Waals surface area contributed by atoms with E-state index in [-0.39, 0.29) is 0 Å². The third kappa shape index (κ3) is 4.12. The zero-order valence-electron chi connectivity index (χ0n) is 11.1. The van der Waals surface area contributed by atoms with Gasteiger partial charge >= 0.3 is 0 Å². The van der Waals surface area contributed by atoms with E-state index in [0.717, 1.165) is 6.54 Å². The van der Waals surface area contributed by atoms with Crippen molar-refractivity contribution < 1.29 is 5.11 Å². The van der Waals surface area contributed by atoms with Gasteiger partial charge in [-0.1, -0.05) is 34.1 Å². The first-order valence-corrected chi connectivity index (χ1v) is 6.73. The van der Waals surface area contributed by atoms with E-state index in [1.807, 2.05) is 27.7 Å². The fourth-order valence-electron chi connectivity index (χ4n) is 2.33. The molecule has 2 nitrogen and oxygen atoms in total. The first-order chi connectivity index (χ1) is 7.37. The molecule has 2 aliphatic rings. The Morgan fingerprint density at radius 2 is 1.60 bits per heavy atom. The van der Waals surface area contributed by atoms with E-state index in [1.165, 1.54) is 38.6 Å². The molecule has 2 heteroatoms. The van der Waals surface area contributed by atoms with Crippen molar-refractivity contribution in [2.75, 3.05) is 19.7 Å². The molecule has 2 fully saturated rings. The summed E-state index contributed by atoms with van der Waals surface area (Å²) in [5.41, 5.74) is 0.570. The van der Waals surface area contributed by atoms with E-state index < -0.39 is 0 Å². The van der Waals surface area contributed by atoms with Gasteiger partial charge in [0.05, 0.1) is 6.61 Å². The summed E-state index contributed by atoms with van der Waals surface area (Å²) in [6.07, 6.45) is 6.89. The molecule has 0 aromatic rings. The summed E-state index contributed by atoms with van der Waals surface area (Å²) in [4.78, 5) is 2.50. The molecular weight excluding hydrogens is 186 g/mol. The Bertz CT molecular complexity index is 141. The number of likely N-dealkylation sites (tertiary alicyclic amines) is 1. The van der Waals surface area contributed by atoms with Crippen molar-refractivity contribution in [3.63, 3.8) is 0 Å². The second-order valence-corrected chi connectivity index (χ2v) is 3.89. The first-order valence-electron chi connectivity index (χ1n) is 6.73. The van der Waals surface area contributed by atoms with Gasteiger partial charge in [0.15, 0.2) is 0 Å². The molecule has 0 atom stereocenters. The second-order valence-electron chi connectivity index (χ2n) is 3.89. The van der Waals surface area contributed by atoms with Gasteiger partial charge in [0.2, 0.25) is 0 Å². The lowest BCUT2D eigenvalue weighted by Gasteiger charge is -2.35. The normalized spacial score (nSPS) is 22.2. The molecule has 0 aromatic carbocycles. The predicted octanol–water partition coefficient (Wildman–Crippen LogP) is 3.05. The zero-order chi connectivity index (χ0) is 11.7. The minimum absolute atomic E-state index is 0.335. The fourth-order valence-corrected chi connectivity index (χ4v) is 2.33. The van der Waals surface area contributed by atoms with E-state index in [1.54, 1.807) is 0 Å². The van der Waals surface area contributed by atoms with Crippen molar-refractivity contribution in [1.29, 1.82) is 0 Å². The van der Waals surface area contributed by atoms with E-state index in [4.69, 9.17) is 5.11 Å². The van der Waals surface area contributed by atoms with E-state index in [0.29, 0.717) is 12.1 Å². The van der Waals surface area contributed by atoms with E-state index in [2.05, 4.69) is 4.90 Å². The Kier molecular flexibility index (Phi) is 8.07. The van der Waals surface area contributed by atoms with Gasteiger partial charge in [0.25, 0.3) is 0 Å². The molecule has 1 saturated carbocycles. The fraction of sp³-hybridized carbons (Fsp3) is 1.00. The third-order valence-electron chi connectivity index (χ3n) is 3.19. The Balaban J connectivity index is 0.000000442. The number of rotatable bonds is 2. The molecule has 1 heterocycles. The number of nitrogens with zero attached hydrogens (tertiary/aromatic N) is 1. The average Bonchev–Trinajstić information content (AvgIpc) is 3.09. The van der Waals surface area contributed by atoms with Gasteiger partial charge in [0, 0.05) is 12.1 Å². The zero-order valence-corrected chi connectivity index (χ0v) is 11.1. The van der Waals surface area contributed by atoms with Gasteiger partial charge in [-0.15, -0.1) is 0 Å². The number of aliphatic hydroxyl groups excluding tert-OH is 1. The molecule has 1 saturated heterocycles. The number of hydrogen-bond donors (Lipinski definition) is 1. The van der Waals surface area contributed by atoms with Crippen molar-refractivity contribution in [2.45, 2.75) is 65.3 Å². The van der Waals surface area contributed by atoms with Gasteiger partial charge in [-0.05, 0) is 32.2 Å². The molecule has 1 aliphatic carbocycles. The maximum Gasteiger partial charge on any atom is 0.0558 e. The molecule has 0 bridgehead atoms. The molecular formula is C13H29NO. The van der Waals surface area contributed by atoms with Crippen LogP contribution in [0.25, 0.3) is 0 Å². The lowest BCUT2D eigenvalue weighted by atomic mass is 10.0. The van der Waals surface area contributed by atoms with Crippen LogP contribution in [0.2, 0.25) is 0 Å². The summed E-state index contributed by atoms with van der Waals surface area (Å²) >= 11 is 0. The molecule has 1 spiro atoms. The van der Waals surface area contributed by atoms with Gasteiger partial charge in [-0.3, -0.25) is 4.90 Å². The molecule has 15 heavy (non-hydrogen) atoms. The van der Waals surface area contributed by atoms with Crippen LogP contribution in [0.4, 0.5) is 0 Å². The second kappa shape index (κ2) is 8.12. The highest BCUT2D eigenvalue weighted by Gasteiger charge is 2.48. The maximum absolute atomic E-state index is 8.84. The highest BCUT2D eigenvalue weighted by molar-refractivity contribution is 5.05. The van der Waals surface area contributed by atoms with Crippen molar-refractivity contribution in [2.24, 2.45) is 0 Å². The van der Waals surface area contributed by atoms with Gasteiger partial charge in [-0.2, -0.15) is 0 Å². The summed E-state index contributed by atoms with van der Waals surface area (Å²) in [7, 11) is 0. The molecule has 0 unspecified atom stereocenters. The predicted molar refractivity (Wildman–Crippen MR) is 67.2 cm³/mol. The summed E-state index contributed by atoms with van der Waals surface area (Å²) in [5, 5.41) is 8.84. The van der Waals surface area contributed by atoms with Crippen LogP contribution in [0.1, 0.15) is 59.8 Å². The number of piperidine rings is 1. The number of aliphatic hydroxyl groups is 1. The van der Waals surface area contributed by atoms with Crippen molar-refractivity contribution in [1.82, 2.24) is 4.90 Å². The van der Waals surface area contributed by atoms with Crippen LogP contribution in [-0.4, -0.2) is 35.2 Å². The number of hydrogen-bond acceptors (Lipinski definition) is 2. The van der Waals surface area contributed by atoms with E-state index >= 15 is 0 Å². The van der Waals surface area contributed by atoms with Gasteiger partial charge in [0.1, 0.15) is 0 Å². The number of β-amino-alcohol motifs (C(OH)–C–C–N with tert-alkyl or cyclic N) is 1.